The van der Waals surface area contributed by atoms with Crippen LogP contribution < -0.4 is 0 Å². The molecule has 0 saturated heterocycles. The van der Waals surface area contributed by atoms with Crippen molar-refractivity contribution >= 4 is 5.97 Å². The van der Waals surface area contributed by atoms with Gasteiger partial charge in [0.25, 0.3) is 0 Å². The lowest BCUT2D eigenvalue weighted by molar-refractivity contribution is 0.0524. The van der Waals surface area contributed by atoms with Crippen LogP contribution in [-0.4, -0.2) is 22.5 Å². The van der Waals surface area contributed by atoms with Gasteiger partial charge in [0.2, 0.25) is 0 Å². The molecule has 0 radical (unpaired) electrons. The maximum Gasteiger partial charge on any atom is 0.341 e. The number of aromatic nitrogens is 2. The SMILES string of the molecule is CCOC(=O)c1cnc(C2(c3ccccc3)CC2)nc1C. The molecule has 1 aliphatic carbocycles. The van der Waals surface area contributed by atoms with Crippen molar-refractivity contribution in [1.29, 1.82) is 0 Å². The summed E-state index contributed by atoms with van der Waals surface area (Å²) in [5.74, 6) is 0.449. The van der Waals surface area contributed by atoms with Crippen LogP contribution >= 0.6 is 0 Å². The second-order valence-electron chi connectivity index (χ2n) is 5.36. The van der Waals surface area contributed by atoms with Crippen molar-refractivity contribution in [1.82, 2.24) is 9.97 Å². The Bertz CT molecular complexity index is 664. The van der Waals surface area contributed by atoms with E-state index in [9.17, 15) is 4.79 Å². The summed E-state index contributed by atoms with van der Waals surface area (Å²) in [6, 6.07) is 10.3. The van der Waals surface area contributed by atoms with Crippen LogP contribution in [0.2, 0.25) is 0 Å². The highest BCUT2D eigenvalue weighted by molar-refractivity contribution is 5.90. The topological polar surface area (TPSA) is 52.1 Å². The van der Waals surface area contributed by atoms with Crippen molar-refractivity contribution in [3.63, 3.8) is 0 Å². The molecule has 0 spiro atoms. The summed E-state index contributed by atoms with van der Waals surface area (Å²) >= 11 is 0. The molecule has 1 aliphatic rings. The van der Waals surface area contributed by atoms with Gasteiger partial charge < -0.3 is 4.74 Å². The van der Waals surface area contributed by atoms with Gasteiger partial charge >= 0.3 is 5.97 Å². The number of hydrogen-bond acceptors (Lipinski definition) is 4. The molecule has 0 N–H and O–H groups in total. The summed E-state index contributed by atoms with van der Waals surface area (Å²) in [5, 5.41) is 0. The zero-order valence-corrected chi connectivity index (χ0v) is 12.3. The fourth-order valence-electron chi connectivity index (χ4n) is 2.63. The molecular weight excluding hydrogens is 264 g/mol. The van der Waals surface area contributed by atoms with E-state index in [0.29, 0.717) is 17.9 Å². The molecule has 0 aliphatic heterocycles. The zero-order chi connectivity index (χ0) is 14.9. The summed E-state index contributed by atoms with van der Waals surface area (Å²) in [4.78, 5) is 20.8. The first kappa shape index (κ1) is 13.7. The Labute approximate surface area is 124 Å². The Kier molecular flexibility index (Phi) is 3.45. The van der Waals surface area contributed by atoms with E-state index in [1.54, 1.807) is 13.1 Å². The monoisotopic (exact) mass is 282 g/mol. The molecule has 0 unspecified atom stereocenters. The quantitative estimate of drug-likeness (QED) is 0.809. The van der Waals surface area contributed by atoms with Crippen LogP contribution in [0.5, 0.6) is 0 Å². The van der Waals surface area contributed by atoms with E-state index in [1.165, 1.54) is 5.56 Å². The van der Waals surface area contributed by atoms with Crippen LogP contribution in [0, 0.1) is 6.92 Å². The van der Waals surface area contributed by atoms with Crippen LogP contribution in [0.15, 0.2) is 36.5 Å². The van der Waals surface area contributed by atoms with E-state index in [-0.39, 0.29) is 11.4 Å². The van der Waals surface area contributed by atoms with E-state index in [1.807, 2.05) is 25.1 Å². The van der Waals surface area contributed by atoms with Crippen LogP contribution in [-0.2, 0) is 10.2 Å². The standard InChI is InChI=1S/C17H18N2O2/c1-3-21-15(20)14-11-18-16(19-12(14)2)17(9-10-17)13-7-5-4-6-8-13/h4-8,11H,3,9-10H2,1-2H3. The average Bonchev–Trinajstić information content (AvgIpc) is 3.30. The lowest BCUT2D eigenvalue weighted by Gasteiger charge is -2.15. The summed E-state index contributed by atoms with van der Waals surface area (Å²) < 4.78 is 5.02. The molecular formula is C17H18N2O2. The third kappa shape index (κ3) is 2.42. The average molecular weight is 282 g/mol. The maximum atomic E-state index is 11.8. The molecule has 1 aromatic carbocycles. The number of carbonyl (C=O) groups is 1. The Morgan fingerprint density at radius 2 is 2.00 bits per heavy atom. The minimum Gasteiger partial charge on any atom is -0.462 e. The second-order valence-corrected chi connectivity index (χ2v) is 5.36. The zero-order valence-electron chi connectivity index (χ0n) is 12.3. The summed E-state index contributed by atoms with van der Waals surface area (Å²) in [5.41, 5.74) is 2.30. The van der Waals surface area contributed by atoms with Gasteiger partial charge in [-0.25, -0.2) is 14.8 Å². The van der Waals surface area contributed by atoms with Gasteiger partial charge in [0.05, 0.1) is 23.3 Å². The van der Waals surface area contributed by atoms with E-state index < -0.39 is 0 Å². The van der Waals surface area contributed by atoms with Crippen LogP contribution in [0.25, 0.3) is 0 Å². The van der Waals surface area contributed by atoms with E-state index in [2.05, 4.69) is 22.1 Å². The normalized spacial score (nSPS) is 15.5. The first-order valence-corrected chi connectivity index (χ1v) is 7.24. The molecule has 0 atom stereocenters. The van der Waals surface area contributed by atoms with Gasteiger partial charge in [0, 0.05) is 6.20 Å². The van der Waals surface area contributed by atoms with Crippen molar-refractivity contribution in [3.8, 4) is 0 Å². The van der Waals surface area contributed by atoms with Crippen molar-refractivity contribution in [2.45, 2.75) is 32.1 Å². The molecule has 1 aromatic heterocycles. The number of nitrogens with zero attached hydrogens (tertiary/aromatic N) is 2. The van der Waals surface area contributed by atoms with E-state index in [4.69, 9.17) is 4.74 Å². The van der Waals surface area contributed by atoms with Crippen molar-refractivity contribution in [2.24, 2.45) is 0 Å². The predicted octanol–water partition coefficient (Wildman–Crippen LogP) is 3.04. The fraction of sp³-hybridized carbons (Fsp3) is 0.353. The number of carbonyl (C=O) groups excluding carboxylic acids is 1. The van der Waals surface area contributed by atoms with Crippen LogP contribution in [0.1, 0.15) is 47.2 Å². The van der Waals surface area contributed by atoms with E-state index >= 15 is 0 Å². The van der Waals surface area contributed by atoms with Gasteiger partial charge in [-0.3, -0.25) is 0 Å². The molecule has 2 aromatic rings. The largest absolute Gasteiger partial charge is 0.462 e. The lowest BCUT2D eigenvalue weighted by atomic mass is 9.95. The van der Waals surface area contributed by atoms with Gasteiger partial charge in [0.15, 0.2) is 0 Å². The van der Waals surface area contributed by atoms with Crippen LogP contribution in [0.3, 0.4) is 0 Å². The number of ether oxygens (including phenoxy) is 1. The number of aryl methyl sites for hydroxylation is 1. The lowest BCUT2D eigenvalue weighted by Crippen LogP contribution is -2.17. The Hall–Kier alpha value is -2.23. The Morgan fingerprint density at radius 3 is 2.57 bits per heavy atom. The maximum absolute atomic E-state index is 11.8. The number of hydrogen-bond donors (Lipinski definition) is 0. The molecule has 1 heterocycles. The van der Waals surface area contributed by atoms with E-state index in [0.717, 1.165) is 18.7 Å². The number of esters is 1. The van der Waals surface area contributed by atoms with Crippen LogP contribution in [0.4, 0.5) is 0 Å². The van der Waals surface area contributed by atoms with Gasteiger partial charge in [-0.2, -0.15) is 0 Å². The molecule has 1 saturated carbocycles. The third-order valence-electron chi connectivity index (χ3n) is 3.98. The molecule has 4 nitrogen and oxygen atoms in total. The molecule has 1 fully saturated rings. The molecule has 3 rings (SSSR count). The minimum atomic E-state index is -0.355. The molecule has 0 bridgehead atoms. The fourth-order valence-corrected chi connectivity index (χ4v) is 2.63. The molecule has 108 valence electrons. The summed E-state index contributed by atoms with van der Waals surface area (Å²) in [7, 11) is 0. The highest BCUT2D eigenvalue weighted by Gasteiger charge is 2.48. The van der Waals surface area contributed by atoms with Gasteiger partial charge in [0.1, 0.15) is 5.82 Å². The van der Waals surface area contributed by atoms with Crippen molar-refractivity contribution in [3.05, 3.63) is 59.2 Å². The molecule has 0 amide bonds. The van der Waals surface area contributed by atoms with Gasteiger partial charge in [-0.05, 0) is 32.3 Å². The molecule has 4 heteroatoms. The second kappa shape index (κ2) is 5.28. The number of rotatable bonds is 4. The summed E-state index contributed by atoms with van der Waals surface area (Å²) in [6.07, 6.45) is 3.70. The Morgan fingerprint density at radius 1 is 1.29 bits per heavy atom. The predicted molar refractivity (Wildman–Crippen MR) is 79.2 cm³/mol. The molecule has 21 heavy (non-hydrogen) atoms. The van der Waals surface area contributed by atoms with Crippen molar-refractivity contribution in [2.75, 3.05) is 6.61 Å². The van der Waals surface area contributed by atoms with Gasteiger partial charge in [-0.1, -0.05) is 30.3 Å². The summed E-state index contributed by atoms with van der Waals surface area (Å²) in [6.45, 7) is 3.98. The third-order valence-corrected chi connectivity index (χ3v) is 3.98. The van der Waals surface area contributed by atoms with Crippen molar-refractivity contribution < 1.29 is 9.53 Å². The smallest absolute Gasteiger partial charge is 0.341 e. The highest BCUT2D eigenvalue weighted by atomic mass is 16.5. The van der Waals surface area contributed by atoms with Gasteiger partial charge in [-0.15, -0.1) is 0 Å². The first-order valence-electron chi connectivity index (χ1n) is 7.24. The number of benzene rings is 1. The highest BCUT2D eigenvalue weighted by Crippen LogP contribution is 2.52. The first-order chi connectivity index (χ1) is 10.2. The Balaban J connectivity index is 1.94. The minimum absolute atomic E-state index is 0.0702.